The Bertz CT molecular complexity index is 1240. The van der Waals surface area contributed by atoms with Gasteiger partial charge in [-0.15, -0.1) is 0 Å². The van der Waals surface area contributed by atoms with Gasteiger partial charge < -0.3 is 19.8 Å². The maximum Gasteiger partial charge on any atom is 0.472 e. The van der Waals surface area contributed by atoms with Crippen molar-refractivity contribution in [3.8, 4) is 0 Å². The van der Waals surface area contributed by atoms with Crippen LogP contribution in [-0.2, 0) is 18.4 Å². The highest BCUT2D eigenvalue weighted by Gasteiger charge is 2.27. The van der Waals surface area contributed by atoms with Crippen molar-refractivity contribution in [2.45, 2.75) is 251 Å². The summed E-state index contributed by atoms with van der Waals surface area (Å²) in [5.74, 6) is -0.193. The van der Waals surface area contributed by atoms with E-state index in [4.69, 9.17) is 9.05 Å². The van der Waals surface area contributed by atoms with Crippen molar-refractivity contribution >= 4 is 13.7 Å². The molecule has 0 aromatic heterocycles. The number of aliphatic hydroxyl groups excluding tert-OH is 1. The normalized spacial score (nSPS) is 14.5. The van der Waals surface area contributed by atoms with Crippen LogP contribution in [0.15, 0.2) is 60.8 Å². The van der Waals surface area contributed by atoms with Crippen LogP contribution in [0.3, 0.4) is 0 Å². The number of nitrogens with one attached hydrogen (secondary N) is 1. The Balaban J connectivity index is 4.34. The van der Waals surface area contributed by atoms with Crippen molar-refractivity contribution < 1.29 is 32.9 Å². The van der Waals surface area contributed by atoms with Crippen molar-refractivity contribution in [1.82, 2.24) is 5.32 Å². The number of rotatable bonds is 49. The minimum Gasteiger partial charge on any atom is -0.387 e. The van der Waals surface area contributed by atoms with Gasteiger partial charge in [-0.3, -0.25) is 13.8 Å². The molecule has 0 rings (SSSR count). The monoisotopic (exact) mass is 934 g/mol. The zero-order valence-corrected chi connectivity index (χ0v) is 44.1. The van der Waals surface area contributed by atoms with E-state index in [2.05, 4.69) is 67.8 Å². The largest absolute Gasteiger partial charge is 0.472 e. The molecule has 0 aliphatic rings. The van der Waals surface area contributed by atoms with Gasteiger partial charge in [-0.05, 0) is 77.0 Å². The molecular formula is C56H106N2O6P+. The van der Waals surface area contributed by atoms with Crippen LogP contribution in [0.4, 0.5) is 0 Å². The third-order valence-corrected chi connectivity index (χ3v) is 12.9. The summed E-state index contributed by atoms with van der Waals surface area (Å²) in [4.78, 5) is 23.3. The molecule has 0 aliphatic heterocycles. The SMILES string of the molecule is CCCCCCC/C=C\C/C=C\CCCCCCCCCCCCCC(=O)NC(COP(=O)(O)OCC[N+](C)(C)C)C(O)/C=C/CC/C=C/CC/C=C/CCCCCCCCCCCC. The Labute approximate surface area is 402 Å². The van der Waals surface area contributed by atoms with Gasteiger partial charge in [-0.1, -0.05) is 216 Å². The molecule has 3 unspecified atom stereocenters. The summed E-state index contributed by atoms with van der Waals surface area (Å²) >= 11 is 0. The second-order valence-electron chi connectivity index (χ2n) is 19.6. The molecule has 65 heavy (non-hydrogen) atoms. The fraction of sp³-hybridized carbons (Fsp3) is 0.804. The van der Waals surface area contributed by atoms with Gasteiger partial charge in [-0.2, -0.15) is 0 Å². The molecule has 1 amide bonds. The maximum absolute atomic E-state index is 13.0. The average molecular weight is 934 g/mol. The fourth-order valence-corrected chi connectivity index (χ4v) is 8.37. The summed E-state index contributed by atoms with van der Waals surface area (Å²) < 4.78 is 23.7. The third kappa shape index (κ3) is 49.9. The number of phosphoric acid groups is 1. The first-order valence-corrected chi connectivity index (χ1v) is 28.7. The molecule has 8 nitrogen and oxygen atoms in total. The Hall–Kier alpha value is -1.80. The zero-order chi connectivity index (χ0) is 47.8. The maximum atomic E-state index is 13.0. The molecule has 0 aromatic rings. The van der Waals surface area contributed by atoms with Crippen LogP contribution < -0.4 is 5.32 Å². The lowest BCUT2D eigenvalue weighted by Crippen LogP contribution is -2.45. The van der Waals surface area contributed by atoms with Crippen LogP contribution in [0.1, 0.15) is 239 Å². The lowest BCUT2D eigenvalue weighted by Gasteiger charge is -2.25. The average Bonchev–Trinajstić information content (AvgIpc) is 3.26. The van der Waals surface area contributed by atoms with E-state index < -0.39 is 20.0 Å². The molecule has 0 saturated carbocycles. The predicted molar refractivity (Wildman–Crippen MR) is 281 cm³/mol. The molecule has 0 bridgehead atoms. The van der Waals surface area contributed by atoms with Crippen LogP contribution in [0.25, 0.3) is 0 Å². The molecule has 0 fully saturated rings. The van der Waals surface area contributed by atoms with E-state index in [9.17, 15) is 19.4 Å². The molecule has 0 radical (unpaired) electrons. The number of unbranched alkanes of at least 4 members (excludes halogenated alkanes) is 28. The molecule has 0 aliphatic carbocycles. The minimum absolute atomic E-state index is 0.0515. The number of carbonyl (C=O) groups is 1. The number of hydrogen-bond acceptors (Lipinski definition) is 5. The van der Waals surface area contributed by atoms with E-state index >= 15 is 0 Å². The van der Waals surface area contributed by atoms with Crippen molar-refractivity contribution in [1.29, 1.82) is 0 Å². The first-order valence-electron chi connectivity index (χ1n) is 27.2. The lowest BCUT2D eigenvalue weighted by molar-refractivity contribution is -0.870. The Morgan fingerprint density at radius 1 is 0.523 bits per heavy atom. The number of aliphatic hydroxyl groups is 1. The van der Waals surface area contributed by atoms with Crippen LogP contribution >= 0.6 is 7.82 Å². The fourth-order valence-electron chi connectivity index (χ4n) is 7.63. The third-order valence-electron chi connectivity index (χ3n) is 11.9. The van der Waals surface area contributed by atoms with Crippen molar-refractivity contribution in [3.05, 3.63) is 60.8 Å². The molecule has 9 heteroatoms. The first-order chi connectivity index (χ1) is 31.5. The van der Waals surface area contributed by atoms with Crippen molar-refractivity contribution in [2.75, 3.05) is 40.9 Å². The van der Waals surface area contributed by atoms with Gasteiger partial charge in [0.15, 0.2) is 0 Å². The van der Waals surface area contributed by atoms with Crippen LogP contribution in [0, 0.1) is 0 Å². The summed E-state index contributed by atoms with van der Waals surface area (Å²) in [5, 5.41) is 13.9. The topological polar surface area (TPSA) is 105 Å². The number of nitrogens with zero attached hydrogens (tertiary/aromatic N) is 1. The van der Waals surface area contributed by atoms with Gasteiger partial charge in [0.25, 0.3) is 0 Å². The Kier molecular flexibility index (Phi) is 46.0. The second-order valence-corrected chi connectivity index (χ2v) is 21.0. The Morgan fingerprint density at radius 2 is 0.892 bits per heavy atom. The number of carbonyl (C=O) groups excluding carboxylic acids is 1. The number of hydrogen-bond donors (Lipinski definition) is 3. The molecule has 3 atom stereocenters. The summed E-state index contributed by atoms with van der Waals surface area (Å²) in [6, 6.07) is -0.873. The first kappa shape index (κ1) is 63.2. The molecule has 0 heterocycles. The van der Waals surface area contributed by atoms with Gasteiger partial charge in [0.05, 0.1) is 39.9 Å². The van der Waals surface area contributed by atoms with Crippen LogP contribution in [0.5, 0.6) is 0 Å². The number of quaternary nitrogens is 1. The summed E-state index contributed by atoms with van der Waals surface area (Å²) in [7, 11) is 1.54. The summed E-state index contributed by atoms with van der Waals surface area (Å²) in [6.45, 7) is 4.78. The highest BCUT2D eigenvalue weighted by molar-refractivity contribution is 7.47. The molecular weight excluding hydrogens is 828 g/mol. The van der Waals surface area contributed by atoms with Crippen LogP contribution in [-0.4, -0.2) is 73.4 Å². The number of allylic oxidation sites excluding steroid dienone is 9. The van der Waals surface area contributed by atoms with E-state index in [0.29, 0.717) is 17.4 Å². The molecule has 0 saturated heterocycles. The quantitative estimate of drug-likeness (QED) is 0.0243. The molecule has 380 valence electrons. The van der Waals surface area contributed by atoms with E-state index in [1.54, 1.807) is 6.08 Å². The highest BCUT2D eigenvalue weighted by Crippen LogP contribution is 2.43. The van der Waals surface area contributed by atoms with E-state index in [1.807, 2.05) is 27.2 Å². The standard InChI is InChI=1S/C56H105N2O6P/c1-6-8-10-12-14-16-18-20-22-24-26-28-29-30-32-34-36-38-40-42-44-46-48-50-56(60)57-54(53-64-65(61,62)63-52-51-58(3,4)5)55(59)49-47-45-43-41-39-37-35-33-31-27-25-23-21-19-17-15-13-11-9-7-2/h18,20,24,26,31,33,39,41,47,49,54-55,59H,6-17,19,21-23,25,27-30,32,34-38,40,42-46,48,50-53H2,1-5H3,(H-,57,60,61,62)/p+1/b20-18-,26-24-,33-31+,41-39+,49-47+. The van der Waals surface area contributed by atoms with Gasteiger partial charge in [-0.25, -0.2) is 4.57 Å². The summed E-state index contributed by atoms with van der Waals surface area (Å²) in [5.41, 5.74) is 0. The highest BCUT2D eigenvalue weighted by atomic mass is 31.2. The van der Waals surface area contributed by atoms with E-state index in [0.717, 1.165) is 51.4 Å². The minimum atomic E-state index is -4.36. The van der Waals surface area contributed by atoms with Gasteiger partial charge >= 0.3 is 7.82 Å². The van der Waals surface area contributed by atoms with Crippen LogP contribution in [0.2, 0.25) is 0 Å². The van der Waals surface area contributed by atoms with Crippen molar-refractivity contribution in [2.24, 2.45) is 0 Å². The number of likely N-dealkylation sites (N-methyl/N-ethyl adjacent to an activating group) is 1. The van der Waals surface area contributed by atoms with E-state index in [-0.39, 0.29) is 19.1 Å². The van der Waals surface area contributed by atoms with Gasteiger partial charge in [0, 0.05) is 6.42 Å². The zero-order valence-electron chi connectivity index (χ0n) is 43.2. The second kappa shape index (κ2) is 47.3. The molecule has 0 spiro atoms. The van der Waals surface area contributed by atoms with Gasteiger partial charge in [0.1, 0.15) is 13.2 Å². The van der Waals surface area contributed by atoms with E-state index in [1.165, 1.54) is 167 Å². The molecule has 3 N–H and O–H groups in total. The Morgan fingerprint density at radius 3 is 1.32 bits per heavy atom. The van der Waals surface area contributed by atoms with Gasteiger partial charge in [0.2, 0.25) is 5.91 Å². The number of phosphoric ester groups is 1. The van der Waals surface area contributed by atoms with Crippen molar-refractivity contribution in [3.63, 3.8) is 0 Å². The number of amides is 1. The summed E-state index contributed by atoms with van der Waals surface area (Å²) in [6.07, 6.45) is 63.1. The predicted octanol–water partition coefficient (Wildman–Crippen LogP) is 16.1. The lowest BCUT2D eigenvalue weighted by atomic mass is 10.0. The smallest absolute Gasteiger partial charge is 0.387 e. The molecule has 0 aromatic carbocycles.